The van der Waals surface area contributed by atoms with E-state index in [0.717, 1.165) is 18.9 Å². The van der Waals surface area contributed by atoms with E-state index in [1.807, 2.05) is 18.3 Å². The Balaban J connectivity index is 2.40. The van der Waals surface area contributed by atoms with Gasteiger partial charge in [0.25, 0.3) is 0 Å². The Hall–Kier alpha value is -1.87. The monoisotopic (exact) mass is 269 g/mol. The van der Waals surface area contributed by atoms with Gasteiger partial charge in [-0.15, -0.1) is 0 Å². The number of nitrogens with zero attached hydrogens (tertiary/aromatic N) is 2. The van der Waals surface area contributed by atoms with Crippen LogP contribution in [0.4, 0.5) is 11.5 Å². The molecule has 3 heteroatoms. The van der Waals surface area contributed by atoms with E-state index in [9.17, 15) is 0 Å². The van der Waals surface area contributed by atoms with Gasteiger partial charge in [-0.2, -0.15) is 0 Å². The summed E-state index contributed by atoms with van der Waals surface area (Å²) < 4.78 is 0. The van der Waals surface area contributed by atoms with Gasteiger partial charge in [0, 0.05) is 30.0 Å². The van der Waals surface area contributed by atoms with Gasteiger partial charge in [-0.05, 0) is 38.6 Å². The summed E-state index contributed by atoms with van der Waals surface area (Å²) in [6, 6.07) is 14.9. The van der Waals surface area contributed by atoms with Crippen molar-refractivity contribution in [3.63, 3.8) is 0 Å². The molecule has 1 N–H and O–H groups in total. The molecule has 0 spiro atoms. The maximum atomic E-state index is 4.62. The third-order valence-electron chi connectivity index (χ3n) is 3.43. The van der Waals surface area contributed by atoms with Gasteiger partial charge in [0.15, 0.2) is 0 Å². The molecule has 0 bridgehead atoms. The molecule has 2 rings (SSSR count). The van der Waals surface area contributed by atoms with Crippen LogP contribution in [-0.2, 0) is 0 Å². The van der Waals surface area contributed by atoms with Crippen molar-refractivity contribution >= 4 is 11.5 Å². The van der Waals surface area contributed by atoms with Crippen LogP contribution >= 0.6 is 0 Å². The molecular formula is C17H23N3. The molecule has 1 unspecified atom stereocenters. The van der Waals surface area contributed by atoms with Crippen molar-refractivity contribution in [3.8, 4) is 0 Å². The lowest BCUT2D eigenvalue weighted by Crippen LogP contribution is -2.24. The molecule has 1 aromatic heterocycles. The molecule has 3 nitrogen and oxygen atoms in total. The van der Waals surface area contributed by atoms with Crippen LogP contribution in [0.1, 0.15) is 32.4 Å². The molecule has 0 aliphatic rings. The predicted molar refractivity (Wildman–Crippen MR) is 85.5 cm³/mol. The zero-order valence-corrected chi connectivity index (χ0v) is 12.5. The second-order valence-electron chi connectivity index (χ2n) is 4.78. The Morgan fingerprint density at radius 3 is 2.50 bits per heavy atom. The van der Waals surface area contributed by atoms with Gasteiger partial charge in [-0.3, -0.25) is 0 Å². The van der Waals surface area contributed by atoms with Crippen LogP contribution in [0.15, 0.2) is 48.7 Å². The maximum absolute atomic E-state index is 4.62. The van der Waals surface area contributed by atoms with E-state index in [1.165, 1.54) is 11.3 Å². The first kappa shape index (κ1) is 14.5. The minimum absolute atomic E-state index is 0.293. The molecule has 0 amide bonds. The number of benzene rings is 1. The number of pyridine rings is 1. The summed E-state index contributed by atoms with van der Waals surface area (Å²) in [5.74, 6) is 1.04. The number of nitrogens with one attached hydrogen (secondary N) is 1. The predicted octanol–water partition coefficient (Wildman–Crippen LogP) is 3.91. The highest BCUT2D eigenvalue weighted by atomic mass is 15.2. The van der Waals surface area contributed by atoms with Gasteiger partial charge in [0.05, 0.1) is 0 Å². The number of rotatable bonds is 6. The fourth-order valence-electron chi connectivity index (χ4n) is 2.45. The number of para-hydroxylation sites is 1. The van der Waals surface area contributed by atoms with Gasteiger partial charge in [0.2, 0.25) is 0 Å². The zero-order valence-electron chi connectivity index (χ0n) is 12.5. The van der Waals surface area contributed by atoms with Crippen LogP contribution in [0.3, 0.4) is 0 Å². The quantitative estimate of drug-likeness (QED) is 0.861. The van der Waals surface area contributed by atoms with Gasteiger partial charge >= 0.3 is 0 Å². The Kier molecular flexibility index (Phi) is 5.13. The molecular weight excluding hydrogens is 246 g/mol. The lowest BCUT2D eigenvalue weighted by molar-refractivity contribution is 0.596. The maximum Gasteiger partial charge on any atom is 0.137 e. The highest BCUT2D eigenvalue weighted by Gasteiger charge is 2.16. The molecule has 1 aromatic carbocycles. The van der Waals surface area contributed by atoms with Crippen LogP contribution in [-0.4, -0.2) is 18.1 Å². The standard InChI is InChI=1S/C17H23N3/c1-4-18-14(3)16-12-9-13-19-17(16)20(5-2)15-10-7-6-8-11-15/h6-14,18H,4-5H2,1-3H3. The topological polar surface area (TPSA) is 28.2 Å². The largest absolute Gasteiger partial charge is 0.326 e. The molecule has 1 atom stereocenters. The number of aromatic nitrogens is 1. The van der Waals surface area contributed by atoms with Crippen molar-refractivity contribution in [2.45, 2.75) is 26.8 Å². The Labute approximate surface area is 121 Å². The lowest BCUT2D eigenvalue weighted by atomic mass is 10.1. The number of anilines is 2. The minimum atomic E-state index is 0.293. The Morgan fingerprint density at radius 1 is 1.10 bits per heavy atom. The third-order valence-corrected chi connectivity index (χ3v) is 3.43. The van der Waals surface area contributed by atoms with Gasteiger partial charge in [-0.25, -0.2) is 4.98 Å². The van der Waals surface area contributed by atoms with Crippen molar-refractivity contribution in [2.24, 2.45) is 0 Å². The molecule has 20 heavy (non-hydrogen) atoms. The van der Waals surface area contributed by atoms with E-state index in [0.29, 0.717) is 6.04 Å². The van der Waals surface area contributed by atoms with Gasteiger partial charge in [0.1, 0.15) is 5.82 Å². The molecule has 1 heterocycles. The van der Waals surface area contributed by atoms with Crippen LogP contribution in [0.25, 0.3) is 0 Å². The second-order valence-corrected chi connectivity index (χ2v) is 4.78. The fraction of sp³-hybridized carbons (Fsp3) is 0.353. The highest BCUT2D eigenvalue weighted by molar-refractivity contribution is 5.63. The van der Waals surface area contributed by atoms with E-state index in [4.69, 9.17) is 0 Å². The van der Waals surface area contributed by atoms with Crippen molar-refractivity contribution in [1.82, 2.24) is 10.3 Å². The Morgan fingerprint density at radius 2 is 1.85 bits per heavy atom. The lowest BCUT2D eigenvalue weighted by Gasteiger charge is -2.26. The van der Waals surface area contributed by atoms with E-state index in [1.54, 1.807) is 0 Å². The Bertz CT molecular complexity index is 525. The summed E-state index contributed by atoms with van der Waals surface area (Å²) in [6.07, 6.45) is 1.86. The minimum Gasteiger partial charge on any atom is -0.326 e. The molecule has 2 aromatic rings. The molecule has 0 saturated carbocycles. The average Bonchev–Trinajstić information content (AvgIpc) is 2.50. The van der Waals surface area contributed by atoms with Crippen LogP contribution in [0, 0.1) is 0 Å². The summed E-state index contributed by atoms with van der Waals surface area (Å²) in [4.78, 5) is 6.87. The first-order chi connectivity index (χ1) is 9.77. The second kappa shape index (κ2) is 7.06. The highest BCUT2D eigenvalue weighted by Crippen LogP contribution is 2.29. The van der Waals surface area contributed by atoms with E-state index in [2.05, 4.69) is 66.3 Å². The average molecular weight is 269 g/mol. The number of hydrogen-bond acceptors (Lipinski definition) is 3. The van der Waals surface area contributed by atoms with Crippen molar-refractivity contribution in [3.05, 3.63) is 54.2 Å². The molecule has 0 fully saturated rings. The van der Waals surface area contributed by atoms with E-state index < -0.39 is 0 Å². The zero-order chi connectivity index (χ0) is 14.4. The summed E-state index contributed by atoms with van der Waals surface area (Å²) in [7, 11) is 0. The third kappa shape index (κ3) is 3.17. The van der Waals surface area contributed by atoms with Crippen molar-refractivity contribution in [1.29, 1.82) is 0 Å². The van der Waals surface area contributed by atoms with Crippen LogP contribution < -0.4 is 10.2 Å². The summed E-state index contributed by atoms with van der Waals surface area (Å²) in [5, 5.41) is 3.47. The summed E-state index contributed by atoms with van der Waals surface area (Å²) in [6.45, 7) is 8.31. The molecule has 0 saturated heterocycles. The fourth-order valence-corrected chi connectivity index (χ4v) is 2.45. The first-order valence-corrected chi connectivity index (χ1v) is 7.28. The van der Waals surface area contributed by atoms with Gasteiger partial charge < -0.3 is 10.2 Å². The van der Waals surface area contributed by atoms with Crippen molar-refractivity contribution < 1.29 is 0 Å². The molecule has 106 valence electrons. The molecule has 0 radical (unpaired) electrons. The molecule has 0 aliphatic carbocycles. The van der Waals surface area contributed by atoms with Crippen LogP contribution in [0.5, 0.6) is 0 Å². The number of hydrogen-bond donors (Lipinski definition) is 1. The van der Waals surface area contributed by atoms with Crippen molar-refractivity contribution in [2.75, 3.05) is 18.0 Å². The SMILES string of the molecule is CCNC(C)c1cccnc1N(CC)c1ccccc1. The van der Waals surface area contributed by atoms with E-state index >= 15 is 0 Å². The normalized spacial score (nSPS) is 12.2. The summed E-state index contributed by atoms with van der Waals surface area (Å²) >= 11 is 0. The van der Waals surface area contributed by atoms with Crippen LogP contribution in [0.2, 0.25) is 0 Å². The van der Waals surface area contributed by atoms with Gasteiger partial charge in [-0.1, -0.05) is 31.2 Å². The smallest absolute Gasteiger partial charge is 0.137 e. The summed E-state index contributed by atoms with van der Waals surface area (Å²) in [5.41, 5.74) is 2.42. The molecule has 0 aliphatic heterocycles. The first-order valence-electron chi connectivity index (χ1n) is 7.28. The van der Waals surface area contributed by atoms with E-state index in [-0.39, 0.29) is 0 Å².